The summed E-state index contributed by atoms with van der Waals surface area (Å²) in [5, 5.41) is 18.2. The van der Waals surface area contributed by atoms with Gasteiger partial charge >= 0.3 is 0 Å². The van der Waals surface area contributed by atoms with E-state index in [0.717, 1.165) is 98.7 Å². The predicted octanol–water partition coefficient (Wildman–Crippen LogP) is 4.78. The number of hydrogen-bond donors (Lipinski definition) is 3. The first-order valence-electron chi connectivity index (χ1n) is 20.5. The van der Waals surface area contributed by atoms with Crippen LogP contribution in [0.3, 0.4) is 0 Å². The van der Waals surface area contributed by atoms with Gasteiger partial charge in [0.25, 0.3) is 17.4 Å². The van der Waals surface area contributed by atoms with Crippen molar-refractivity contribution in [3.63, 3.8) is 0 Å². The fourth-order valence-corrected chi connectivity index (χ4v) is 9.67. The van der Waals surface area contributed by atoms with E-state index in [0.29, 0.717) is 38.3 Å². The van der Waals surface area contributed by atoms with E-state index in [4.69, 9.17) is 23.2 Å². The van der Waals surface area contributed by atoms with Crippen LogP contribution in [0.4, 0.5) is 11.5 Å². The first-order valence-corrected chi connectivity index (χ1v) is 21.3. The summed E-state index contributed by atoms with van der Waals surface area (Å²) in [5.74, 6) is 0.894. The van der Waals surface area contributed by atoms with Gasteiger partial charge in [-0.1, -0.05) is 34.5 Å². The molecular weight excluding hydrogens is 795 g/mol. The van der Waals surface area contributed by atoms with Crippen molar-refractivity contribution in [3.05, 3.63) is 75.0 Å². The van der Waals surface area contributed by atoms with Gasteiger partial charge in [-0.2, -0.15) is 4.68 Å². The van der Waals surface area contributed by atoms with Crippen molar-refractivity contribution in [2.24, 2.45) is 11.8 Å². The Kier molecular flexibility index (Phi) is 11.2. The number of fused-ring (bicyclic) bond motifs is 2. The molecule has 1 aliphatic carbocycles. The Morgan fingerprint density at radius 1 is 0.898 bits per heavy atom. The van der Waals surface area contributed by atoms with Gasteiger partial charge in [0, 0.05) is 50.4 Å². The van der Waals surface area contributed by atoms with Gasteiger partial charge in [-0.25, -0.2) is 15.0 Å². The summed E-state index contributed by atoms with van der Waals surface area (Å²) < 4.78 is 3.20. The lowest BCUT2D eigenvalue weighted by molar-refractivity contribution is -0.136. The number of amides is 3. The second kappa shape index (κ2) is 16.8. The number of anilines is 2. The van der Waals surface area contributed by atoms with Gasteiger partial charge in [0.2, 0.25) is 5.91 Å². The SMILES string of the molecule is O=C1CC[C@H](n2nnc3ccc(N4CCC(CN5CCC(CCNc6ncnc7c6ncn7C6CC(NC(=O)c7c(Cl)cccc7Cl)C6)CC5)CC4)cc3c2=O)C(=O)N1. The smallest absolute Gasteiger partial charge is 0.278 e. The molecule has 5 aromatic rings. The highest BCUT2D eigenvalue weighted by atomic mass is 35.5. The number of likely N-dealkylation sites (tertiary alicyclic amines) is 1. The number of imide groups is 1. The number of benzene rings is 2. The molecule has 308 valence electrons. The zero-order chi connectivity index (χ0) is 40.6. The van der Waals surface area contributed by atoms with Crippen LogP contribution in [0.25, 0.3) is 22.1 Å². The lowest BCUT2D eigenvalue weighted by atomic mass is 9.86. The molecule has 3 aromatic heterocycles. The van der Waals surface area contributed by atoms with Gasteiger partial charge in [-0.05, 0) is 107 Å². The number of rotatable bonds is 11. The number of carbonyl (C=O) groups is 3. The maximum atomic E-state index is 13.4. The van der Waals surface area contributed by atoms with Crippen molar-refractivity contribution in [3.8, 4) is 0 Å². The van der Waals surface area contributed by atoms with E-state index >= 15 is 0 Å². The lowest BCUT2D eigenvalue weighted by Crippen LogP contribution is -2.45. The number of carbonyl (C=O) groups excluding carboxylic acids is 3. The van der Waals surface area contributed by atoms with Crippen LogP contribution in [0.5, 0.6) is 0 Å². The fraction of sp³-hybridized carbons (Fsp3) is 0.488. The topological polar surface area (TPSA) is 185 Å². The lowest BCUT2D eigenvalue weighted by Gasteiger charge is -2.38. The Morgan fingerprint density at radius 3 is 2.42 bits per heavy atom. The third kappa shape index (κ3) is 8.22. The van der Waals surface area contributed by atoms with E-state index in [2.05, 4.69) is 55.6 Å². The largest absolute Gasteiger partial charge is 0.371 e. The molecule has 0 unspecified atom stereocenters. The molecule has 3 amide bonds. The van der Waals surface area contributed by atoms with Gasteiger partial charge in [0.1, 0.15) is 23.4 Å². The molecule has 18 heteroatoms. The van der Waals surface area contributed by atoms with Crippen LogP contribution in [0.1, 0.15) is 80.2 Å². The summed E-state index contributed by atoms with van der Waals surface area (Å²) in [6.45, 7) is 5.95. The molecule has 4 aliphatic rings. The number of nitrogens with zero attached hydrogens (tertiary/aromatic N) is 9. The van der Waals surface area contributed by atoms with Crippen LogP contribution in [0.2, 0.25) is 10.0 Å². The molecular formula is C41H46Cl2N12O4. The van der Waals surface area contributed by atoms with Gasteiger partial charge in [0.15, 0.2) is 11.5 Å². The molecule has 1 atom stereocenters. The normalized spacial score (nSPS) is 22.1. The maximum absolute atomic E-state index is 13.4. The van der Waals surface area contributed by atoms with Crippen molar-refractivity contribution >= 4 is 74.5 Å². The molecule has 3 saturated heterocycles. The molecule has 2 aromatic carbocycles. The Labute approximate surface area is 350 Å². The Balaban J connectivity index is 0.710. The molecule has 59 heavy (non-hydrogen) atoms. The van der Waals surface area contributed by atoms with Crippen LogP contribution in [0.15, 0.2) is 53.8 Å². The zero-order valence-corrected chi connectivity index (χ0v) is 34.0. The van der Waals surface area contributed by atoms with Crippen LogP contribution in [-0.4, -0.2) is 102 Å². The molecule has 6 heterocycles. The minimum Gasteiger partial charge on any atom is -0.371 e. The number of halogens is 2. The molecule has 0 bridgehead atoms. The predicted molar refractivity (Wildman–Crippen MR) is 224 cm³/mol. The molecule has 3 N–H and O–H groups in total. The first kappa shape index (κ1) is 39.3. The fourth-order valence-electron chi connectivity index (χ4n) is 9.10. The van der Waals surface area contributed by atoms with Crippen LogP contribution in [0, 0.1) is 11.8 Å². The average molecular weight is 842 g/mol. The van der Waals surface area contributed by atoms with Gasteiger partial charge < -0.3 is 25.0 Å². The number of imidazole rings is 1. The summed E-state index contributed by atoms with van der Waals surface area (Å²) >= 11 is 12.5. The quantitative estimate of drug-likeness (QED) is 0.155. The van der Waals surface area contributed by atoms with E-state index in [-0.39, 0.29) is 42.3 Å². The maximum Gasteiger partial charge on any atom is 0.278 e. The molecule has 16 nitrogen and oxygen atoms in total. The summed E-state index contributed by atoms with van der Waals surface area (Å²) in [4.78, 5) is 69.0. The molecule has 0 radical (unpaired) electrons. The Bertz CT molecular complexity index is 2430. The molecule has 9 rings (SSSR count). The van der Waals surface area contributed by atoms with Gasteiger partial charge in [-0.3, -0.25) is 24.5 Å². The number of hydrogen-bond acceptors (Lipinski definition) is 12. The third-order valence-corrected chi connectivity index (χ3v) is 13.2. The van der Waals surface area contributed by atoms with Gasteiger partial charge in [0.05, 0.1) is 27.3 Å². The van der Waals surface area contributed by atoms with Crippen LogP contribution in [-0.2, 0) is 9.59 Å². The highest BCUT2D eigenvalue weighted by Gasteiger charge is 2.34. The zero-order valence-electron chi connectivity index (χ0n) is 32.5. The third-order valence-electron chi connectivity index (χ3n) is 12.6. The number of piperidine rings is 3. The second-order valence-corrected chi connectivity index (χ2v) is 17.2. The standard InChI is InChI=1S/C41H46Cl2N12O4/c42-30-2-1-3-31(43)35(30)40(58)48-26-18-28(19-26)54-23-47-36-37(45-22-46-38(36)54)44-13-8-24-9-14-52(15-10-24)21-25-11-16-53(17-12-25)27-4-5-32-29(20-27)41(59)55(51-50-32)33-6-7-34(56)49-39(33)57/h1-5,20,22-26,28,33H,6-19,21H2,(H,48,58)(H,44,45,46)(H,49,56,57)/t26?,28?,33-/m0/s1. The Morgan fingerprint density at radius 2 is 1.66 bits per heavy atom. The van der Waals surface area contributed by atoms with Crippen LogP contribution >= 0.6 is 23.2 Å². The van der Waals surface area contributed by atoms with E-state index < -0.39 is 11.9 Å². The van der Waals surface area contributed by atoms with Crippen LogP contribution < -0.4 is 26.4 Å². The van der Waals surface area contributed by atoms with Crippen molar-refractivity contribution in [1.29, 1.82) is 0 Å². The second-order valence-electron chi connectivity index (χ2n) is 16.3. The van der Waals surface area contributed by atoms with E-state index in [1.807, 2.05) is 24.5 Å². The average Bonchev–Trinajstić information content (AvgIpc) is 3.65. The number of aromatic nitrogens is 7. The first-order chi connectivity index (χ1) is 28.7. The molecule has 0 spiro atoms. The van der Waals surface area contributed by atoms with Crippen molar-refractivity contribution in [2.45, 2.75) is 75.9 Å². The summed E-state index contributed by atoms with van der Waals surface area (Å²) in [5.41, 5.74) is 2.93. The molecule has 4 fully saturated rings. The van der Waals surface area contributed by atoms with E-state index in [1.54, 1.807) is 24.5 Å². The number of nitrogens with one attached hydrogen (secondary N) is 3. The minimum atomic E-state index is -0.842. The van der Waals surface area contributed by atoms with E-state index in [9.17, 15) is 19.2 Å². The summed E-state index contributed by atoms with van der Waals surface area (Å²) in [6, 6.07) is 10.1. The highest BCUT2D eigenvalue weighted by Crippen LogP contribution is 2.36. The monoisotopic (exact) mass is 840 g/mol. The van der Waals surface area contributed by atoms with Crippen molar-refractivity contribution < 1.29 is 14.4 Å². The van der Waals surface area contributed by atoms with Crippen molar-refractivity contribution in [2.75, 3.05) is 49.5 Å². The summed E-state index contributed by atoms with van der Waals surface area (Å²) in [7, 11) is 0. The minimum absolute atomic E-state index is 0.00904. The molecule has 3 aliphatic heterocycles. The van der Waals surface area contributed by atoms with E-state index in [1.165, 1.54) is 12.8 Å². The highest BCUT2D eigenvalue weighted by molar-refractivity contribution is 6.39. The summed E-state index contributed by atoms with van der Waals surface area (Å²) in [6.07, 6.45) is 10.9. The van der Waals surface area contributed by atoms with Crippen molar-refractivity contribution in [1.82, 2.24) is 50.0 Å². The van der Waals surface area contributed by atoms with Gasteiger partial charge in [-0.15, -0.1) is 5.10 Å². The Hall–Kier alpha value is -5.19. The molecule has 1 saturated carbocycles.